The number of hydrogen-bond acceptors (Lipinski definition) is 13. The lowest BCUT2D eigenvalue weighted by Crippen LogP contribution is -2.48. The second-order valence-corrected chi connectivity index (χ2v) is 18.9. The molecule has 4 fully saturated rings. The van der Waals surface area contributed by atoms with Gasteiger partial charge in [0.1, 0.15) is 34.7 Å². The van der Waals surface area contributed by atoms with Crippen LogP contribution in [0, 0.1) is 11.8 Å². The van der Waals surface area contributed by atoms with Gasteiger partial charge in [-0.1, -0.05) is 0 Å². The van der Waals surface area contributed by atoms with E-state index in [0.717, 1.165) is 76.9 Å². The number of rotatable bonds is 11. The topological polar surface area (TPSA) is 193 Å². The second-order valence-electron chi connectivity index (χ2n) is 16.9. The van der Waals surface area contributed by atoms with Crippen LogP contribution >= 0.6 is 0 Å². The Bertz CT molecular complexity index is 2710. The number of nitrogens with one attached hydrogen (secondary N) is 3. The lowest BCUT2D eigenvalue weighted by Gasteiger charge is -2.34. The molecule has 0 bridgehead atoms. The van der Waals surface area contributed by atoms with Crippen LogP contribution in [0.2, 0.25) is 0 Å². The number of ether oxygens (including phenoxy) is 2. The minimum Gasteiger partial charge on any atom is -0.488 e. The summed E-state index contributed by atoms with van der Waals surface area (Å²) >= 11 is 0. The van der Waals surface area contributed by atoms with E-state index in [0.29, 0.717) is 57.9 Å². The zero-order valence-electron chi connectivity index (χ0n) is 36.3. The van der Waals surface area contributed by atoms with Gasteiger partial charge in [0, 0.05) is 114 Å². The Morgan fingerprint density at radius 3 is 1.53 bits per heavy atom. The molecule has 0 saturated carbocycles. The van der Waals surface area contributed by atoms with Crippen molar-refractivity contribution in [1.82, 2.24) is 49.5 Å². The maximum absolute atomic E-state index is 11.7. The first-order chi connectivity index (χ1) is 30.9. The molecule has 0 unspecified atom stereocenters. The van der Waals surface area contributed by atoms with Crippen molar-refractivity contribution in [3.8, 4) is 34.0 Å². The predicted octanol–water partition coefficient (Wildman–Crippen LogP) is 3.09. The minimum absolute atomic E-state index is 0.0609. The van der Waals surface area contributed by atoms with Crippen LogP contribution in [0.25, 0.3) is 33.5 Å². The van der Waals surface area contributed by atoms with E-state index in [9.17, 15) is 18.0 Å². The van der Waals surface area contributed by atoms with Gasteiger partial charge in [-0.15, -0.1) is 0 Å². The first-order valence-corrected chi connectivity index (χ1v) is 23.7. The fourth-order valence-electron chi connectivity index (χ4n) is 8.66. The molecule has 4 atom stereocenters. The predicted molar refractivity (Wildman–Crippen MR) is 243 cm³/mol. The van der Waals surface area contributed by atoms with Gasteiger partial charge in [-0.3, -0.25) is 19.6 Å². The number of carbonyl (C=O) groups excluding carboxylic acids is 2. The number of anilines is 2. The van der Waals surface area contributed by atoms with Crippen LogP contribution in [0.5, 0.6) is 11.5 Å². The Hall–Kier alpha value is -6.31. The number of carbonyl (C=O) groups is 2. The molecule has 336 valence electrons. The largest absolute Gasteiger partial charge is 0.488 e. The summed E-state index contributed by atoms with van der Waals surface area (Å²) in [4.78, 5) is 37.0. The lowest BCUT2D eigenvalue weighted by molar-refractivity contribution is -0.120. The molecule has 3 N–H and O–H groups in total. The van der Waals surface area contributed by atoms with Gasteiger partial charge in [-0.25, -0.2) is 17.4 Å². The van der Waals surface area contributed by atoms with Crippen molar-refractivity contribution in [1.29, 1.82) is 0 Å². The highest BCUT2D eigenvalue weighted by molar-refractivity contribution is 7.88. The molecule has 0 spiro atoms. The number of hydrogen-bond donors (Lipinski definition) is 3. The van der Waals surface area contributed by atoms with Crippen molar-refractivity contribution in [2.75, 3.05) is 81.5 Å². The average Bonchev–Trinajstić information content (AvgIpc) is 4.15. The van der Waals surface area contributed by atoms with E-state index in [1.807, 2.05) is 79.5 Å². The van der Waals surface area contributed by atoms with Gasteiger partial charge in [0.2, 0.25) is 21.8 Å². The maximum atomic E-state index is 11.7. The van der Waals surface area contributed by atoms with Gasteiger partial charge in [-0.2, -0.15) is 14.5 Å². The summed E-state index contributed by atoms with van der Waals surface area (Å²) in [5.41, 5.74) is 7.33. The zero-order chi connectivity index (χ0) is 44.4. The first kappa shape index (κ1) is 43.0. The van der Waals surface area contributed by atoms with E-state index in [-0.39, 0.29) is 35.9 Å². The molecule has 2 amide bonds. The number of pyridine rings is 4. The number of nitrogens with zero attached hydrogens (tertiary/aromatic N) is 9. The summed E-state index contributed by atoms with van der Waals surface area (Å²) in [6, 6.07) is 15.9. The molecule has 18 nitrogen and oxygen atoms in total. The van der Waals surface area contributed by atoms with E-state index in [2.05, 4.69) is 53.1 Å². The van der Waals surface area contributed by atoms with Crippen LogP contribution in [0.15, 0.2) is 85.7 Å². The van der Waals surface area contributed by atoms with Crippen molar-refractivity contribution in [3.05, 3.63) is 85.7 Å². The summed E-state index contributed by atoms with van der Waals surface area (Å²) in [5.74, 6) is 1.90. The van der Waals surface area contributed by atoms with Crippen LogP contribution < -0.4 is 35.2 Å². The molecule has 0 aliphatic carbocycles. The van der Waals surface area contributed by atoms with Crippen molar-refractivity contribution in [2.24, 2.45) is 11.8 Å². The number of aromatic nitrogens is 6. The van der Waals surface area contributed by atoms with Gasteiger partial charge < -0.3 is 35.2 Å². The van der Waals surface area contributed by atoms with E-state index >= 15 is 0 Å². The summed E-state index contributed by atoms with van der Waals surface area (Å²) in [6.07, 6.45) is 13.1. The van der Waals surface area contributed by atoms with Crippen LogP contribution in [0.4, 0.5) is 11.4 Å². The van der Waals surface area contributed by atoms with Gasteiger partial charge in [0.05, 0.1) is 53.8 Å². The highest BCUT2D eigenvalue weighted by Gasteiger charge is 2.30. The molecule has 6 aromatic rings. The fourth-order valence-corrected chi connectivity index (χ4v) is 9.49. The van der Waals surface area contributed by atoms with Crippen molar-refractivity contribution >= 4 is 44.2 Å². The average molecular weight is 891 g/mol. The molecule has 0 aromatic carbocycles. The molecular formula is C45H54N12O6S. The Labute approximate surface area is 372 Å². The highest BCUT2D eigenvalue weighted by atomic mass is 32.2. The van der Waals surface area contributed by atoms with Gasteiger partial charge in [0.25, 0.3) is 0 Å². The van der Waals surface area contributed by atoms with Crippen LogP contribution in [0.1, 0.15) is 26.7 Å². The molecule has 10 rings (SSSR count). The van der Waals surface area contributed by atoms with Crippen molar-refractivity contribution in [2.45, 2.75) is 38.9 Å². The third-order valence-electron chi connectivity index (χ3n) is 12.6. The molecule has 19 heteroatoms. The Balaban J connectivity index is 0.000000163. The monoisotopic (exact) mass is 890 g/mol. The van der Waals surface area contributed by atoms with E-state index in [1.54, 1.807) is 16.9 Å². The van der Waals surface area contributed by atoms with Gasteiger partial charge >= 0.3 is 0 Å². The highest BCUT2D eigenvalue weighted by Crippen LogP contribution is 2.32. The molecule has 10 heterocycles. The van der Waals surface area contributed by atoms with Crippen LogP contribution in [0.3, 0.4) is 0 Å². The van der Waals surface area contributed by atoms with Crippen molar-refractivity contribution in [3.63, 3.8) is 0 Å². The van der Waals surface area contributed by atoms with Crippen molar-refractivity contribution < 1.29 is 27.5 Å². The third-order valence-corrected chi connectivity index (χ3v) is 13.9. The summed E-state index contributed by atoms with van der Waals surface area (Å²) in [5, 5.41) is 17.9. The molecule has 64 heavy (non-hydrogen) atoms. The SMILES string of the molecule is C[C@@H](Oc1cc(-c2ccc(N3CCN(S(C)(=O)=O)CC3)cn2)cn2nccc12)[C@H]1CNC(=O)C1.C[C@@H](Oc1cc(-c2ccc(N3CCNCC3)cn2)cn2nccc12)[C@H]1CNC(=O)C1. The Morgan fingerprint density at radius 2 is 1.12 bits per heavy atom. The second kappa shape index (κ2) is 18.4. The lowest BCUT2D eigenvalue weighted by atomic mass is 10.0. The quantitative estimate of drug-likeness (QED) is 0.172. The number of piperazine rings is 2. The normalized spacial score (nSPS) is 20.4. The van der Waals surface area contributed by atoms with E-state index in [4.69, 9.17) is 14.5 Å². The summed E-state index contributed by atoms with van der Waals surface area (Å²) < 4.78 is 41.2. The summed E-state index contributed by atoms with van der Waals surface area (Å²) in [6.45, 7) is 11.5. The Kier molecular flexibility index (Phi) is 12.4. The molecular weight excluding hydrogens is 837 g/mol. The number of fused-ring (bicyclic) bond motifs is 2. The number of sulfonamides is 1. The van der Waals surface area contributed by atoms with Crippen LogP contribution in [-0.2, 0) is 19.6 Å². The molecule has 4 aliphatic heterocycles. The first-order valence-electron chi connectivity index (χ1n) is 21.9. The molecule has 4 saturated heterocycles. The fraction of sp³-hybridized carbons (Fsp3) is 0.422. The van der Waals surface area contributed by atoms with Gasteiger partial charge in [0.15, 0.2) is 0 Å². The standard InChI is InChI=1S/C23H28N6O4S.C22H26N6O2/c1-16(17-12-23(30)25-13-17)33-22-11-18(15-29-21(22)5-6-26-29)20-4-3-19(14-24-20)27-7-9-28(10-8-27)34(2,31)32;1-15(16-11-22(29)25-12-16)30-21-10-17(14-28-20(21)4-5-26-28)19-3-2-18(13-24-19)27-8-6-23-7-9-27/h3-6,11,14-17H,7-10,12-13H2,1-2H3,(H,25,30);2-5,10,13-16,23H,6-9,11-12H2,1H3,(H,25,29)/t16-,17-;15-,16-/m11/s1. The maximum Gasteiger partial charge on any atom is 0.220 e. The van der Waals surface area contributed by atoms with Crippen LogP contribution in [-0.4, -0.2) is 138 Å². The molecule has 6 aromatic heterocycles. The minimum atomic E-state index is -3.16. The molecule has 0 radical (unpaired) electrons. The zero-order valence-corrected chi connectivity index (χ0v) is 37.1. The smallest absolute Gasteiger partial charge is 0.220 e. The Morgan fingerprint density at radius 1 is 0.656 bits per heavy atom. The van der Waals surface area contributed by atoms with E-state index in [1.165, 1.54) is 10.6 Å². The van der Waals surface area contributed by atoms with Gasteiger partial charge in [-0.05, 0) is 62.4 Å². The number of amides is 2. The third kappa shape index (κ3) is 9.60. The summed E-state index contributed by atoms with van der Waals surface area (Å²) in [7, 11) is -3.16. The van der Waals surface area contributed by atoms with E-state index < -0.39 is 10.0 Å². The molecule has 4 aliphatic rings.